The molecule has 2 aliphatic rings. The van der Waals surface area contributed by atoms with Crippen molar-refractivity contribution in [3.63, 3.8) is 0 Å². The summed E-state index contributed by atoms with van der Waals surface area (Å²) in [5, 5.41) is 13.9. The van der Waals surface area contributed by atoms with E-state index in [1.165, 1.54) is 4.90 Å². The number of halogens is 4. The topological polar surface area (TPSA) is 51.6 Å². The maximum Gasteiger partial charge on any atom is 0.401 e. The van der Waals surface area contributed by atoms with Crippen molar-refractivity contribution in [2.45, 2.75) is 51.0 Å². The van der Waals surface area contributed by atoms with Gasteiger partial charge in [0.15, 0.2) is 0 Å². The Morgan fingerprint density at radius 2 is 1.82 bits per heavy atom. The first kappa shape index (κ1) is 27.4. The molecular formula is C30H34F4N4O. The second-order valence-corrected chi connectivity index (χ2v) is 10.7. The third-order valence-electron chi connectivity index (χ3n) is 7.89. The van der Waals surface area contributed by atoms with Gasteiger partial charge in [0.1, 0.15) is 5.75 Å². The fourth-order valence-electron chi connectivity index (χ4n) is 5.94. The van der Waals surface area contributed by atoms with Crippen LogP contribution in [0.5, 0.6) is 5.75 Å². The lowest BCUT2D eigenvalue weighted by molar-refractivity contribution is -0.155. The molecule has 0 amide bonds. The SMILES string of the molecule is Cc1c(-c2ccccc2O)ccc2c1C[C@@H](C)N(CC(F)(F)F)[C@@H]2c1ccc(NC2CN(CCCF)C2)cn1. The molecule has 1 aromatic heterocycles. The van der Waals surface area contributed by atoms with Gasteiger partial charge in [-0.2, -0.15) is 13.2 Å². The number of nitrogens with zero attached hydrogens (tertiary/aromatic N) is 3. The van der Waals surface area contributed by atoms with Gasteiger partial charge in [0.05, 0.1) is 42.9 Å². The second-order valence-electron chi connectivity index (χ2n) is 10.7. The monoisotopic (exact) mass is 542 g/mol. The van der Waals surface area contributed by atoms with Gasteiger partial charge in [0.25, 0.3) is 0 Å². The number of likely N-dealkylation sites (tertiary alicyclic amines) is 1. The molecule has 0 unspecified atom stereocenters. The summed E-state index contributed by atoms with van der Waals surface area (Å²) < 4.78 is 53.6. The van der Waals surface area contributed by atoms with E-state index in [4.69, 9.17) is 0 Å². The Labute approximate surface area is 226 Å². The van der Waals surface area contributed by atoms with Crippen LogP contribution < -0.4 is 5.32 Å². The molecule has 3 aromatic rings. The minimum Gasteiger partial charge on any atom is -0.507 e. The highest BCUT2D eigenvalue weighted by Gasteiger charge is 2.41. The summed E-state index contributed by atoms with van der Waals surface area (Å²) in [6, 6.07) is 13.8. The summed E-state index contributed by atoms with van der Waals surface area (Å²) >= 11 is 0. The van der Waals surface area contributed by atoms with Crippen LogP contribution in [0.2, 0.25) is 0 Å². The van der Waals surface area contributed by atoms with Crippen LogP contribution >= 0.6 is 0 Å². The molecule has 2 N–H and O–H groups in total. The minimum absolute atomic E-state index is 0.168. The van der Waals surface area contributed by atoms with Crippen LogP contribution in [-0.4, -0.2) is 71.0 Å². The third-order valence-corrected chi connectivity index (χ3v) is 7.89. The molecule has 39 heavy (non-hydrogen) atoms. The Morgan fingerprint density at radius 3 is 2.49 bits per heavy atom. The van der Waals surface area contributed by atoms with Crippen LogP contribution in [0.3, 0.4) is 0 Å². The van der Waals surface area contributed by atoms with Crippen molar-refractivity contribution in [2.24, 2.45) is 0 Å². The Kier molecular flexibility index (Phi) is 7.82. The van der Waals surface area contributed by atoms with Gasteiger partial charge < -0.3 is 10.4 Å². The highest BCUT2D eigenvalue weighted by atomic mass is 19.4. The largest absolute Gasteiger partial charge is 0.507 e. The average molecular weight is 543 g/mol. The van der Waals surface area contributed by atoms with Crippen LogP contribution in [0.1, 0.15) is 41.8 Å². The number of hydrogen-bond acceptors (Lipinski definition) is 5. The molecule has 5 rings (SSSR count). The number of aromatic nitrogens is 1. The second kappa shape index (κ2) is 11.1. The van der Waals surface area contributed by atoms with Crippen LogP contribution in [0.25, 0.3) is 11.1 Å². The van der Waals surface area contributed by atoms with Crippen LogP contribution in [0.15, 0.2) is 54.7 Å². The zero-order chi connectivity index (χ0) is 27.7. The van der Waals surface area contributed by atoms with Gasteiger partial charge in [-0.25, -0.2) is 0 Å². The fraction of sp³-hybridized carbons (Fsp3) is 0.433. The van der Waals surface area contributed by atoms with E-state index in [9.17, 15) is 22.7 Å². The van der Waals surface area contributed by atoms with E-state index in [2.05, 4.69) is 15.2 Å². The molecule has 2 atom stereocenters. The number of pyridine rings is 1. The zero-order valence-electron chi connectivity index (χ0n) is 22.2. The standard InChI is InChI=1S/C30H34F4N4O/c1-19-14-26-20(2)23(24-6-3-4-7-28(24)39)9-10-25(26)29(38(19)18-30(32,33)34)27-11-8-21(15-35-27)36-22-16-37(17-22)13-5-12-31/h3-4,6-11,15,19,22,29,36,39H,5,12-14,16-18H2,1-2H3/t19-,29+/m1/s1. The van der Waals surface area contributed by atoms with Crippen molar-refractivity contribution in [2.75, 3.05) is 38.2 Å². The first-order valence-corrected chi connectivity index (χ1v) is 13.4. The van der Waals surface area contributed by atoms with E-state index in [0.717, 1.165) is 47.6 Å². The Hall–Kier alpha value is -3.17. The minimum atomic E-state index is -4.35. The van der Waals surface area contributed by atoms with Gasteiger partial charge in [-0.3, -0.25) is 19.2 Å². The van der Waals surface area contributed by atoms with Crippen LogP contribution in [-0.2, 0) is 6.42 Å². The summed E-state index contributed by atoms with van der Waals surface area (Å²) in [7, 11) is 0. The fourth-order valence-corrected chi connectivity index (χ4v) is 5.94. The first-order chi connectivity index (χ1) is 18.6. The molecule has 1 saturated heterocycles. The molecule has 0 radical (unpaired) electrons. The summed E-state index contributed by atoms with van der Waals surface area (Å²) in [6.07, 6.45) is -1.66. The molecule has 0 bridgehead atoms. The number of phenols is 1. The van der Waals surface area contributed by atoms with Crippen LogP contribution in [0, 0.1) is 6.92 Å². The lowest BCUT2D eigenvalue weighted by Gasteiger charge is -2.43. The highest BCUT2D eigenvalue weighted by molar-refractivity contribution is 5.75. The lowest BCUT2D eigenvalue weighted by Crippen LogP contribution is -2.54. The molecule has 5 nitrogen and oxygen atoms in total. The number of phenolic OH excluding ortho intramolecular Hbond substituents is 1. The molecule has 3 heterocycles. The molecule has 1 fully saturated rings. The molecule has 0 saturated carbocycles. The van der Waals surface area contributed by atoms with Crippen LogP contribution in [0.4, 0.5) is 23.2 Å². The molecular weight excluding hydrogens is 508 g/mol. The summed E-state index contributed by atoms with van der Waals surface area (Å²) in [5.41, 5.74) is 5.71. The number of anilines is 1. The number of aromatic hydroxyl groups is 1. The third kappa shape index (κ3) is 5.89. The molecule has 0 aliphatic carbocycles. The van der Waals surface area contributed by atoms with E-state index in [0.29, 0.717) is 24.1 Å². The van der Waals surface area contributed by atoms with E-state index < -0.39 is 18.8 Å². The maximum atomic E-state index is 13.7. The van der Waals surface area contributed by atoms with Gasteiger partial charge >= 0.3 is 6.18 Å². The quantitative estimate of drug-likeness (QED) is 0.336. The predicted octanol–water partition coefficient (Wildman–Crippen LogP) is 6.12. The number of para-hydroxylation sites is 1. The summed E-state index contributed by atoms with van der Waals surface area (Å²) in [6.45, 7) is 4.85. The first-order valence-electron chi connectivity index (χ1n) is 13.4. The van der Waals surface area contributed by atoms with Crippen molar-refractivity contribution in [3.05, 3.63) is 77.1 Å². The number of alkyl halides is 4. The number of fused-ring (bicyclic) bond motifs is 1. The zero-order valence-corrected chi connectivity index (χ0v) is 22.2. The number of benzene rings is 2. The van der Waals surface area contributed by atoms with Crippen molar-refractivity contribution in [3.8, 4) is 16.9 Å². The van der Waals surface area contributed by atoms with Crippen molar-refractivity contribution in [1.82, 2.24) is 14.8 Å². The van der Waals surface area contributed by atoms with Gasteiger partial charge in [-0.1, -0.05) is 30.3 Å². The average Bonchev–Trinajstić information content (AvgIpc) is 2.87. The number of hydrogen-bond donors (Lipinski definition) is 2. The molecule has 9 heteroatoms. The molecule has 2 aromatic carbocycles. The van der Waals surface area contributed by atoms with Crippen molar-refractivity contribution >= 4 is 5.69 Å². The Bertz CT molecular complexity index is 1290. The number of rotatable bonds is 8. The van der Waals surface area contributed by atoms with E-state index >= 15 is 0 Å². The molecule has 2 aliphatic heterocycles. The maximum absolute atomic E-state index is 13.7. The number of nitrogens with one attached hydrogen (secondary N) is 1. The van der Waals surface area contributed by atoms with E-state index in [1.54, 1.807) is 18.3 Å². The predicted molar refractivity (Wildman–Crippen MR) is 145 cm³/mol. The Morgan fingerprint density at radius 1 is 1.05 bits per heavy atom. The molecule has 0 spiro atoms. The van der Waals surface area contributed by atoms with Gasteiger partial charge in [0.2, 0.25) is 0 Å². The normalized spacial score (nSPS) is 20.5. The smallest absolute Gasteiger partial charge is 0.401 e. The molecule has 208 valence electrons. The van der Waals surface area contributed by atoms with E-state index in [-0.39, 0.29) is 24.5 Å². The highest BCUT2D eigenvalue weighted by Crippen LogP contribution is 2.43. The van der Waals surface area contributed by atoms with Crippen molar-refractivity contribution in [1.29, 1.82) is 0 Å². The summed E-state index contributed by atoms with van der Waals surface area (Å²) in [4.78, 5) is 8.32. The van der Waals surface area contributed by atoms with Gasteiger partial charge in [-0.05, 0) is 67.1 Å². The van der Waals surface area contributed by atoms with Gasteiger partial charge in [-0.15, -0.1) is 0 Å². The van der Waals surface area contributed by atoms with E-state index in [1.807, 2.05) is 50.2 Å². The lowest BCUT2D eigenvalue weighted by atomic mass is 9.81. The van der Waals surface area contributed by atoms with Gasteiger partial charge in [0, 0.05) is 31.2 Å². The Balaban J connectivity index is 1.45. The summed E-state index contributed by atoms with van der Waals surface area (Å²) in [5.74, 6) is 0.168. The van der Waals surface area contributed by atoms with Crippen molar-refractivity contribution < 1.29 is 22.7 Å².